The van der Waals surface area contributed by atoms with Crippen molar-refractivity contribution in [2.45, 2.75) is 24.9 Å². The fourth-order valence-electron chi connectivity index (χ4n) is 4.08. The molecule has 0 fully saturated rings. The Balaban J connectivity index is 1.88. The molecule has 3 aromatic rings. The van der Waals surface area contributed by atoms with Crippen molar-refractivity contribution in [3.05, 3.63) is 100 Å². The molecule has 2 N–H and O–H groups in total. The van der Waals surface area contributed by atoms with Gasteiger partial charge in [0.2, 0.25) is 5.91 Å². The molecule has 2 amide bonds. The third kappa shape index (κ3) is 3.66. The molecule has 0 spiro atoms. The molecule has 1 heterocycles. The molecule has 30 heavy (non-hydrogen) atoms. The molecule has 2 aromatic carbocycles. The van der Waals surface area contributed by atoms with Crippen LogP contribution in [-0.4, -0.2) is 21.7 Å². The third-order valence-corrected chi connectivity index (χ3v) is 5.70. The minimum Gasteiger partial charge on any atom is -0.368 e. The molecule has 2 atom stereocenters. The topological polar surface area (TPSA) is 76.3 Å². The Kier molecular flexibility index (Phi) is 5.50. The first-order chi connectivity index (χ1) is 14.5. The van der Waals surface area contributed by atoms with Crippen molar-refractivity contribution in [3.8, 4) is 0 Å². The second kappa shape index (κ2) is 8.24. The second-order valence-electron chi connectivity index (χ2n) is 7.18. The van der Waals surface area contributed by atoms with Crippen LogP contribution in [0.5, 0.6) is 0 Å². The third-order valence-electron chi connectivity index (χ3n) is 5.36. The van der Waals surface area contributed by atoms with Crippen molar-refractivity contribution in [3.63, 3.8) is 0 Å². The van der Waals surface area contributed by atoms with Crippen molar-refractivity contribution >= 4 is 23.4 Å². The van der Waals surface area contributed by atoms with Gasteiger partial charge < -0.3 is 10.6 Å². The van der Waals surface area contributed by atoms with Crippen molar-refractivity contribution in [1.29, 1.82) is 0 Å². The number of rotatable bonds is 5. The average molecular weight is 424 g/mol. The summed E-state index contributed by atoms with van der Waals surface area (Å²) in [5, 5.41) is 0.316. The molecule has 0 saturated heterocycles. The van der Waals surface area contributed by atoms with Gasteiger partial charge in [-0.1, -0.05) is 41.9 Å². The molecule has 1 aliphatic carbocycles. The molecule has 5 nitrogen and oxygen atoms in total. The van der Waals surface area contributed by atoms with Crippen molar-refractivity contribution < 1.29 is 14.0 Å². The van der Waals surface area contributed by atoms with Gasteiger partial charge in [-0.25, -0.2) is 4.39 Å². The number of nitrogens with zero attached hydrogens (tertiary/aromatic N) is 2. The monoisotopic (exact) mass is 423 g/mol. The molecule has 152 valence electrons. The summed E-state index contributed by atoms with van der Waals surface area (Å²) in [5.74, 6) is -1.57. The number of carbonyl (C=O) groups excluding carboxylic acids is 2. The first-order valence-corrected chi connectivity index (χ1v) is 9.90. The molecule has 7 heteroatoms. The molecule has 1 aromatic heterocycles. The SMILES string of the molecule is NC(=O)[C@@H](c1ccccc1)N(C(=O)c1cccnc1)[C@@H]1CCc2c(Cl)cc(F)cc21. The van der Waals surface area contributed by atoms with E-state index in [4.69, 9.17) is 17.3 Å². The highest BCUT2D eigenvalue weighted by molar-refractivity contribution is 6.31. The lowest BCUT2D eigenvalue weighted by atomic mass is 9.98. The molecule has 0 bridgehead atoms. The van der Waals surface area contributed by atoms with Gasteiger partial charge in [0.25, 0.3) is 5.91 Å². The van der Waals surface area contributed by atoms with E-state index in [1.807, 2.05) is 6.07 Å². The zero-order chi connectivity index (χ0) is 21.3. The smallest absolute Gasteiger partial charge is 0.256 e. The lowest BCUT2D eigenvalue weighted by molar-refractivity contribution is -0.123. The van der Waals surface area contributed by atoms with E-state index in [-0.39, 0.29) is 0 Å². The number of hydrogen-bond donors (Lipinski definition) is 1. The number of nitrogens with two attached hydrogens (primary N) is 1. The van der Waals surface area contributed by atoms with Crippen LogP contribution in [0.2, 0.25) is 5.02 Å². The van der Waals surface area contributed by atoms with Gasteiger partial charge in [0, 0.05) is 17.4 Å². The molecular formula is C23H19ClFN3O2. The van der Waals surface area contributed by atoms with Crippen LogP contribution in [0.1, 0.15) is 45.6 Å². The van der Waals surface area contributed by atoms with E-state index in [9.17, 15) is 14.0 Å². The van der Waals surface area contributed by atoms with Crippen LogP contribution in [-0.2, 0) is 11.2 Å². The quantitative estimate of drug-likeness (QED) is 0.667. The van der Waals surface area contributed by atoms with Crippen LogP contribution in [0.4, 0.5) is 4.39 Å². The van der Waals surface area contributed by atoms with Crippen molar-refractivity contribution in [1.82, 2.24) is 9.88 Å². The van der Waals surface area contributed by atoms with Gasteiger partial charge in [-0.3, -0.25) is 14.6 Å². The number of carbonyl (C=O) groups is 2. The van der Waals surface area contributed by atoms with Gasteiger partial charge in [-0.05, 0) is 53.8 Å². The predicted molar refractivity (Wildman–Crippen MR) is 111 cm³/mol. The molecule has 4 rings (SSSR count). The highest BCUT2D eigenvalue weighted by Gasteiger charge is 2.40. The highest BCUT2D eigenvalue weighted by Crippen LogP contribution is 2.43. The number of primary amides is 1. The van der Waals surface area contributed by atoms with Crippen LogP contribution < -0.4 is 5.73 Å². The van der Waals surface area contributed by atoms with E-state index in [0.29, 0.717) is 34.6 Å². The fraction of sp³-hybridized carbons (Fsp3) is 0.174. The summed E-state index contributed by atoms with van der Waals surface area (Å²) in [4.78, 5) is 31.6. The van der Waals surface area contributed by atoms with Crippen LogP contribution in [0, 0.1) is 5.82 Å². The summed E-state index contributed by atoms with van der Waals surface area (Å²) in [6, 6.07) is 13.2. The van der Waals surface area contributed by atoms with Gasteiger partial charge in [0.05, 0.1) is 11.6 Å². The first-order valence-electron chi connectivity index (χ1n) is 9.52. The van der Waals surface area contributed by atoms with E-state index in [1.165, 1.54) is 23.2 Å². The Labute approximate surface area is 178 Å². The number of amides is 2. The summed E-state index contributed by atoms with van der Waals surface area (Å²) in [7, 11) is 0. The van der Waals surface area contributed by atoms with Crippen molar-refractivity contribution in [2.24, 2.45) is 5.73 Å². The summed E-state index contributed by atoms with van der Waals surface area (Å²) < 4.78 is 14.2. The highest BCUT2D eigenvalue weighted by atomic mass is 35.5. The second-order valence-corrected chi connectivity index (χ2v) is 7.59. The molecular weight excluding hydrogens is 405 g/mol. The fourth-order valence-corrected chi connectivity index (χ4v) is 4.39. The summed E-state index contributed by atoms with van der Waals surface area (Å²) in [6.07, 6.45) is 4.06. The zero-order valence-electron chi connectivity index (χ0n) is 16.0. The Morgan fingerprint density at radius 2 is 1.93 bits per heavy atom. The number of benzene rings is 2. The minimum atomic E-state index is -1.03. The van der Waals surface area contributed by atoms with E-state index in [2.05, 4.69) is 4.98 Å². The predicted octanol–water partition coefficient (Wildman–Crippen LogP) is 4.23. The Morgan fingerprint density at radius 3 is 2.60 bits per heavy atom. The zero-order valence-corrected chi connectivity index (χ0v) is 16.7. The van der Waals surface area contributed by atoms with Crippen LogP contribution in [0.3, 0.4) is 0 Å². The number of aromatic nitrogens is 1. The molecule has 0 saturated carbocycles. The van der Waals surface area contributed by atoms with E-state index < -0.39 is 29.7 Å². The largest absolute Gasteiger partial charge is 0.368 e. The molecule has 0 aliphatic heterocycles. The molecule has 0 radical (unpaired) electrons. The van der Waals surface area contributed by atoms with Gasteiger partial charge >= 0.3 is 0 Å². The van der Waals surface area contributed by atoms with Gasteiger partial charge in [-0.15, -0.1) is 0 Å². The minimum absolute atomic E-state index is 0.315. The van der Waals surface area contributed by atoms with E-state index in [0.717, 1.165) is 5.56 Å². The van der Waals surface area contributed by atoms with Crippen LogP contribution >= 0.6 is 11.6 Å². The molecule has 1 aliphatic rings. The van der Waals surface area contributed by atoms with Gasteiger partial charge in [0.15, 0.2) is 0 Å². The number of hydrogen-bond acceptors (Lipinski definition) is 3. The van der Waals surface area contributed by atoms with Crippen LogP contribution in [0.15, 0.2) is 67.0 Å². The van der Waals surface area contributed by atoms with E-state index >= 15 is 0 Å². The maximum absolute atomic E-state index is 14.2. The van der Waals surface area contributed by atoms with Gasteiger partial charge in [0.1, 0.15) is 11.9 Å². The Hall–Kier alpha value is -3.25. The maximum Gasteiger partial charge on any atom is 0.256 e. The summed E-state index contributed by atoms with van der Waals surface area (Å²) >= 11 is 6.26. The normalized spacial score (nSPS) is 16.0. The summed E-state index contributed by atoms with van der Waals surface area (Å²) in [6.45, 7) is 0. The van der Waals surface area contributed by atoms with Crippen molar-refractivity contribution in [2.75, 3.05) is 0 Å². The lowest BCUT2D eigenvalue weighted by Gasteiger charge is -2.35. The molecule has 0 unspecified atom stereocenters. The Morgan fingerprint density at radius 1 is 1.17 bits per heavy atom. The maximum atomic E-state index is 14.2. The van der Waals surface area contributed by atoms with Crippen LogP contribution in [0.25, 0.3) is 0 Å². The Bertz CT molecular complexity index is 1090. The van der Waals surface area contributed by atoms with E-state index in [1.54, 1.807) is 42.6 Å². The number of halogens is 2. The number of fused-ring (bicyclic) bond motifs is 1. The van der Waals surface area contributed by atoms with Gasteiger partial charge in [-0.2, -0.15) is 0 Å². The summed E-state index contributed by atoms with van der Waals surface area (Å²) in [5.41, 5.74) is 8.06. The lowest BCUT2D eigenvalue weighted by Crippen LogP contribution is -2.43. The standard InChI is InChI=1S/C23H19ClFN3O2/c24-19-12-16(25)11-18-17(19)8-9-20(18)28(23(30)15-7-4-10-27-13-15)21(22(26)29)14-5-2-1-3-6-14/h1-7,10-13,20-21H,8-9H2,(H2,26,29)/t20-,21-/m1/s1. The average Bonchev–Trinajstić information content (AvgIpc) is 3.16. The first kappa shape index (κ1) is 20.0. The number of pyridine rings is 1.